The zero-order valence-corrected chi connectivity index (χ0v) is 14.7. The van der Waals surface area contributed by atoms with Gasteiger partial charge < -0.3 is 15.2 Å². The molecule has 8 heteroatoms. The summed E-state index contributed by atoms with van der Waals surface area (Å²) in [6.07, 6.45) is 0. The van der Waals surface area contributed by atoms with E-state index < -0.39 is 18.5 Å². The summed E-state index contributed by atoms with van der Waals surface area (Å²) in [6, 6.07) is 7.22. The molecule has 0 aliphatic heterocycles. The van der Waals surface area contributed by atoms with Crippen molar-refractivity contribution in [2.45, 2.75) is 6.92 Å². The highest BCUT2D eigenvalue weighted by Gasteiger charge is 2.17. The van der Waals surface area contributed by atoms with Gasteiger partial charge in [-0.3, -0.25) is 4.79 Å². The van der Waals surface area contributed by atoms with Crippen LogP contribution in [0, 0.1) is 6.92 Å². The molecular weight excluding hydrogens is 377 g/mol. The van der Waals surface area contributed by atoms with Gasteiger partial charge >= 0.3 is 5.97 Å². The van der Waals surface area contributed by atoms with Gasteiger partial charge in [0, 0.05) is 5.02 Å². The zero-order valence-electron chi connectivity index (χ0n) is 12.4. The number of esters is 1. The van der Waals surface area contributed by atoms with Crippen LogP contribution in [0.15, 0.2) is 30.3 Å². The van der Waals surface area contributed by atoms with E-state index in [0.717, 1.165) is 5.56 Å². The van der Waals surface area contributed by atoms with Crippen LogP contribution < -0.4 is 5.32 Å². The van der Waals surface area contributed by atoms with E-state index in [1.54, 1.807) is 19.1 Å². The molecule has 2 rings (SSSR count). The summed E-state index contributed by atoms with van der Waals surface area (Å²) in [4.78, 5) is 23.8. The third kappa shape index (κ3) is 4.32. The predicted molar refractivity (Wildman–Crippen MR) is 93.2 cm³/mol. The first-order chi connectivity index (χ1) is 11.3. The number of ether oxygens (including phenoxy) is 1. The first-order valence-electron chi connectivity index (χ1n) is 6.69. The van der Waals surface area contributed by atoms with Gasteiger partial charge in [-0.1, -0.05) is 40.9 Å². The number of aromatic hydroxyl groups is 1. The molecule has 0 radical (unpaired) electrons. The number of rotatable bonds is 4. The van der Waals surface area contributed by atoms with Crippen molar-refractivity contribution in [1.82, 2.24) is 0 Å². The molecule has 5 nitrogen and oxygen atoms in total. The Morgan fingerprint density at radius 1 is 1.17 bits per heavy atom. The Balaban J connectivity index is 2.03. The SMILES string of the molecule is Cc1ccc(Cl)c(NC(=O)COC(=O)c2cc(Cl)ccc2O)c1Cl. The van der Waals surface area contributed by atoms with E-state index in [1.165, 1.54) is 18.2 Å². The van der Waals surface area contributed by atoms with E-state index in [2.05, 4.69) is 5.32 Å². The molecule has 0 aliphatic rings. The Labute approximate surface area is 153 Å². The van der Waals surface area contributed by atoms with Gasteiger partial charge in [0.1, 0.15) is 11.3 Å². The van der Waals surface area contributed by atoms with Gasteiger partial charge in [0.15, 0.2) is 6.61 Å². The molecule has 0 atom stereocenters. The van der Waals surface area contributed by atoms with Crippen molar-refractivity contribution in [2.75, 3.05) is 11.9 Å². The van der Waals surface area contributed by atoms with Crippen LogP contribution in [0.25, 0.3) is 0 Å². The number of aryl methyl sites for hydroxylation is 1. The molecule has 0 saturated heterocycles. The summed E-state index contributed by atoms with van der Waals surface area (Å²) in [6.45, 7) is 1.18. The number of carbonyl (C=O) groups excluding carboxylic acids is 2. The molecule has 0 fully saturated rings. The van der Waals surface area contributed by atoms with Crippen LogP contribution >= 0.6 is 34.8 Å². The second-order valence-corrected chi connectivity index (χ2v) is 6.06. The zero-order chi connectivity index (χ0) is 17.9. The van der Waals surface area contributed by atoms with Crippen molar-refractivity contribution in [1.29, 1.82) is 0 Å². The summed E-state index contributed by atoms with van der Waals surface area (Å²) in [5, 5.41) is 12.9. The van der Waals surface area contributed by atoms with Crippen LogP contribution in [0.2, 0.25) is 15.1 Å². The van der Waals surface area contributed by atoms with E-state index in [-0.39, 0.29) is 27.0 Å². The Bertz CT molecular complexity index is 808. The standard InChI is InChI=1S/C16H12Cl3NO4/c1-8-2-4-11(18)15(14(8)19)20-13(22)7-24-16(23)10-6-9(17)3-5-12(10)21/h2-6,21H,7H2,1H3,(H,20,22). The van der Waals surface area contributed by atoms with Crippen LogP contribution in [0.4, 0.5) is 5.69 Å². The number of phenolic OH excluding ortho intramolecular Hbond substituents is 1. The molecular formula is C16H12Cl3NO4. The Kier molecular flexibility index (Phi) is 5.94. The van der Waals surface area contributed by atoms with Crippen LogP contribution in [-0.2, 0) is 9.53 Å². The lowest BCUT2D eigenvalue weighted by molar-refractivity contribution is -0.119. The third-order valence-corrected chi connectivity index (χ3v) is 4.10. The number of hydrogen-bond acceptors (Lipinski definition) is 4. The molecule has 0 spiro atoms. The lowest BCUT2D eigenvalue weighted by Gasteiger charge is -2.11. The average molecular weight is 389 g/mol. The van der Waals surface area contributed by atoms with Crippen molar-refractivity contribution in [3.05, 3.63) is 56.5 Å². The minimum atomic E-state index is -0.883. The van der Waals surface area contributed by atoms with E-state index in [0.29, 0.717) is 5.02 Å². The van der Waals surface area contributed by atoms with E-state index in [9.17, 15) is 14.7 Å². The maximum absolute atomic E-state index is 11.9. The smallest absolute Gasteiger partial charge is 0.342 e. The maximum atomic E-state index is 11.9. The van der Waals surface area contributed by atoms with Crippen molar-refractivity contribution in [3.8, 4) is 5.75 Å². The third-order valence-electron chi connectivity index (χ3n) is 3.06. The van der Waals surface area contributed by atoms with Crippen LogP contribution in [0.3, 0.4) is 0 Å². The normalized spacial score (nSPS) is 10.3. The molecule has 0 aliphatic carbocycles. The molecule has 0 bridgehead atoms. The molecule has 0 saturated carbocycles. The number of anilines is 1. The van der Waals surface area contributed by atoms with E-state index in [1.807, 2.05) is 0 Å². The molecule has 2 aromatic rings. The average Bonchev–Trinajstić information content (AvgIpc) is 2.55. The van der Waals surface area contributed by atoms with Gasteiger partial charge in [-0.15, -0.1) is 0 Å². The summed E-state index contributed by atoms with van der Waals surface area (Å²) in [5.41, 5.74) is 0.837. The number of benzene rings is 2. The molecule has 2 aromatic carbocycles. The molecule has 0 aromatic heterocycles. The number of amides is 1. The molecule has 126 valence electrons. The fraction of sp³-hybridized carbons (Fsp3) is 0.125. The number of halogens is 3. The first kappa shape index (κ1) is 18.4. The van der Waals surface area contributed by atoms with Gasteiger partial charge in [-0.25, -0.2) is 4.79 Å². The summed E-state index contributed by atoms with van der Waals surface area (Å²) >= 11 is 17.8. The van der Waals surface area contributed by atoms with Crippen molar-refractivity contribution in [2.24, 2.45) is 0 Å². The quantitative estimate of drug-likeness (QED) is 0.758. The largest absolute Gasteiger partial charge is 0.507 e. The van der Waals surface area contributed by atoms with Crippen LogP contribution in [0.5, 0.6) is 5.75 Å². The summed E-state index contributed by atoms with van der Waals surface area (Å²) < 4.78 is 4.85. The predicted octanol–water partition coefficient (Wildman–Crippen LogP) is 4.46. The highest BCUT2D eigenvalue weighted by atomic mass is 35.5. The number of phenols is 1. The van der Waals surface area contributed by atoms with Gasteiger partial charge in [-0.05, 0) is 36.8 Å². The molecule has 0 unspecified atom stereocenters. The Morgan fingerprint density at radius 3 is 2.58 bits per heavy atom. The fourth-order valence-corrected chi connectivity index (χ4v) is 2.46. The second kappa shape index (κ2) is 7.75. The maximum Gasteiger partial charge on any atom is 0.342 e. The van der Waals surface area contributed by atoms with Gasteiger partial charge in [0.2, 0.25) is 0 Å². The summed E-state index contributed by atoms with van der Waals surface area (Å²) in [5.74, 6) is -1.81. The van der Waals surface area contributed by atoms with Gasteiger partial charge in [0.05, 0.1) is 15.7 Å². The topological polar surface area (TPSA) is 75.6 Å². The van der Waals surface area contributed by atoms with E-state index >= 15 is 0 Å². The number of carbonyl (C=O) groups is 2. The molecule has 24 heavy (non-hydrogen) atoms. The highest BCUT2D eigenvalue weighted by Crippen LogP contribution is 2.32. The first-order valence-corrected chi connectivity index (χ1v) is 7.83. The molecule has 1 amide bonds. The van der Waals surface area contributed by atoms with Gasteiger partial charge in [-0.2, -0.15) is 0 Å². The minimum Gasteiger partial charge on any atom is -0.507 e. The second-order valence-electron chi connectivity index (χ2n) is 4.84. The molecule has 0 heterocycles. The fourth-order valence-electron chi connectivity index (χ4n) is 1.83. The summed E-state index contributed by atoms with van der Waals surface area (Å²) in [7, 11) is 0. The van der Waals surface area contributed by atoms with Crippen molar-refractivity contribution < 1.29 is 19.4 Å². The Morgan fingerprint density at radius 2 is 1.88 bits per heavy atom. The number of hydrogen-bond donors (Lipinski definition) is 2. The lowest BCUT2D eigenvalue weighted by Crippen LogP contribution is -2.21. The van der Waals surface area contributed by atoms with Crippen molar-refractivity contribution in [3.63, 3.8) is 0 Å². The minimum absolute atomic E-state index is 0.137. The van der Waals surface area contributed by atoms with Crippen molar-refractivity contribution >= 4 is 52.4 Å². The van der Waals surface area contributed by atoms with E-state index in [4.69, 9.17) is 39.5 Å². The Hall–Kier alpha value is -1.95. The van der Waals surface area contributed by atoms with Crippen LogP contribution in [0.1, 0.15) is 15.9 Å². The molecule has 2 N–H and O–H groups in total. The monoisotopic (exact) mass is 387 g/mol. The highest BCUT2D eigenvalue weighted by molar-refractivity contribution is 6.40. The van der Waals surface area contributed by atoms with Gasteiger partial charge in [0.25, 0.3) is 5.91 Å². The number of nitrogens with one attached hydrogen (secondary N) is 1. The van der Waals surface area contributed by atoms with Crippen LogP contribution in [-0.4, -0.2) is 23.6 Å². The lowest BCUT2D eigenvalue weighted by atomic mass is 10.2.